The molecule has 0 aromatic rings. The lowest BCUT2D eigenvalue weighted by molar-refractivity contribution is -0.221. The molecule has 0 rings (SSSR count). The van der Waals surface area contributed by atoms with Gasteiger partial charge in [0, 0.05) is 8.54 Å². The highest BCUT2D eigenvalue weighted by Crippen LogP contribution is 2.36. The van der Waals surface area contributed by atoms with E-state index in [1.54, 1.807) is 0 Å². The quantitative estimate of drug-likeness (QED) is 0.300. The molecule has 90 valence electrons. The zero-order valence-electron chi connectivity index (χ0n) is 6.22. The zero-order chi connectivity index (χ0) is 9.33. The Morgan fingerprint density at radius 3 is 2.15 bits per heavy atom. The fraction of sp³-hybridized carbons (Fsp3) is 1.00. The SMILES string of the molecule is C.C.C.COP(=O)([O-])OCS.[2HH].[2H]ON. The summed E-state index contributed by atoms with van der Waals surface area (Å²) in [5.74, 6) is 3.83. The Hall–Kier alpha value is 0.380. The normalized spacial score (nSPS) is 12.5. The minimum atomic E-state index is -4.00. The van der Waals surface area contributed by atoms with Crippen molar-refractivity contribution in [2.45, 2.75) is 22.3 Å². The highest BCUT2D eigenvalue weighted by molar-refractivity contribution is 7.80. The molecule has 0 radical (unpaired) electrons. The third kappa shape index (κ3) is 24.5. The van der Waals surface area contributed by atoms with Gasteiger partial charge < -0.3 is 19.2 Å². The summed E-state index contributed by atoms with van der Waals surface area (Å²) in [6, 6.07) is 0. The van der Waals surface area contributed by atoms with Gasteiger partial charge in [-0.15, -0.1) is 0 Å². The van der Waals surface area contributed by atoms with Gasteiger partial charge in [-0.3, -0.25) is 4.57 Å². The van der Waals surface area contributed by atoms with Crippen LogP contribution in [0.5, 0.6) is 0 Å². The Labute approximate surface area is 89.0 Å². The monoisotopic (exact) mass is 242 g/mol. The summed E-state index contributed by atoms with van der Waals surface area (Å²) < 4.78 is 23.5. The molecule has 0 aliphatic rings. The second-order valence-electron chi connectivity index (χ2n) is 0.888. The van der Waals surface area contributed by atoms with E-state index < -0.39 is 7.82 Å². The molecule has 0 saturated heterocycles. The van der Waals surface area contributed by atoms with Gasteiger partial charge in [0.05, 0.1) is 5.94 Å². The molecule has 3 N–H and O–H groups in total. The number of nitrogens with two attached hydrogens (primary N) is 1. The maximum atomic E-state index is 10.1. The topological polar surface area (TPSA) is 105 Å². The molecule has 0 aliphatic carbocycles. The predicted octanol–water partition coefficient (Wildman–Crippen LogP) is 1.49. The molecular formula is C5H23NO5PS-. The van der Waals surface area contributed by atoms with Crippen molar-refractivity contribution < 1.29 is 26.6 Å². The van der Waals surface area contributed by atoms with Crippen LogP contribution in [0.2, 0.25) is 1.43 Å². The lowest BCUT2D eigenvalue weighted by Gasteiger charge is -2.18. The first-order chi connectivity index (χ1) is 5.04. The summed E-state index contributed by atoms with van der Waals surface area (Å²) in [5, 5.41) is 3.00. The smallest absolute Gasteiger partial charge is 0.268 e. The Balaban J connectivity index is -0.0000000262. The number of phosphoric ester groups is 1. The maximum absolute atomic E-state index is 10.1. The molecule has 1 atom stereocenters. The Morgan fingerprint density at radius 1 is 1.77 bits per heavy atom. The summed E-state index contributed by atoms with van der Waals surface area (Å²) in [4.78, 5) is 10.1. The van der Waals surface area contributed by atoms with Crippen LogP contribution in [-0.4, -0.2) is 18.3 Å². The van der Waals surface area contributed by atoms with Crippen molar-refractivity contribution in [3.8, 4) is 0 Å². The minimum absolute atomic E-state index is 0. The van der Waals surface area contributed by atoms with Gasteiger partial charge in [0.25, 0.3) is 7.82 Å². The van der Waals surface area contributed by atoms with Crippen LogP contribution >= 0.6 is 20.5 Å². The van der Waals surface area contributed by atoms with Gasteiger partial charge in [0.2, 0.25) is 1.43 Å². The third-order valence-electron chi connectivity index (χ3n) is 0.439. The Morgan fingerprint density at radius 2 is 2.08 bits per heavy atom. The van der Waals surface area contributed by atoms with E-state index in [9.17, 15) is 9.46 Å². The molecule has 1 unspecified atom stereocenters. The van der Waals surface area contributed by atoms with Crippen LogP contribution in [0.25, 0.3) is 0 Å². The molecule has 13 heavy (non-hydrogen) atoms. The maximum Gasteiger partial charge on any atom is 0.268 e. The molecular weight excluding hydrogens is 217 g/mol. The van der Waals surface area contributed by atoms with Crippen molar-refractivity contribution in [2.24, 2.45) is 5.90 Å². The average Bonchev–Trinajstić information content (AvgIpc) is 1.90. The number of hydrogen-bond acceptors (Lipinski definition) is 7. The molecule has 0 aromatic carbocycles. The van der Waals surface area contributed by atoms with Gasteiger partial charge in [-0.1, -0.05) is 22.3 Å². The van der Waals surface area contributed by atoms with Crippen molar-refractivity contribution >= 4 is 20.5 Å². The van der Waals surface area contributed by atoms with Crippen LogP contribution in [-0.2, 0) is 13.6 Å². The molecule has 0 heterocycles. The van der Waals surface area contributed by atoms with E-state index in [0.29, 0.717) is 0 Å². The fourth-order valence-electron chi connectivity index (χ4n) is 0.123. The van der Waals surface area contributed by atoms with Crippen LogP contribution < -0.4 is 10.8 Å². The largest absolute Gasteiger partial charge is 0.756 e. The number of rotatable bonds is 3. The highest BCUT2D eigenvalue weighted by atomic mass is 32.1. The van der Waals surface area contributed by atoms with E-state index in [4.69, 9.17) is 1.43 Å². The van der Waals surface area contributed by atoms with Crippen LogP contribution in [0, 0.1) is 0 Å². The molecule has 0 amide bonds. The first kappa shape index (κ1) is 23.3. The molecule has 0 aliphatic heterocycles. The van der Waals surface area contributed by atoms with Crippen LogP contribution in [0.1, 0.15) is 23.7 Å². The van der Waals surface area contributed by atoms with E-state index in [2.05, 4.69) is 32.8 Å². The van der Waals surface area contributed by atoms with Crippen LogP contribution in [0.4, 0.5) is 0 Å². The third-order valence-corrected chi connectivity index (χ3v) is 1.66. The molecule has 0 saturated carbocycles. The van der Waals surface area contributed by atoms with Crippen molar-refractivity contribution in [3.05, 3.63) is 0 Å². The summed E-state index contributed by atoms with van der Waals surface area (Å²) >= 11 is 3.49. The Bertz CT molecular complexity index is 134. The standard InChI is InChI=1S/C2H7O4PS.3CH4.H3NO.H2/c1-5-7(3,4)6-2-8;;;;1-2;/h8H,2H2,1H3,(H,3,4);3*1H4;2H,1H2;1H/p-1/i;;;;2D;1+1. The summed E-state index contributed by atoms with van der Waals surface area (Å²) in [6.07, 6.45) is 0. The molecule has 0 spiro atoms. The van der Waals surface area contributed by atoms with Crippen LogP contribution in [0.3, 0.4) is 0 Å². The molecule has 8 heteroatoms. The van der Waals surface area contributed by atoms with E-state index >= 15 is 0 Å². The highest BCUT2D eigenvalue weighted by Gasteiger charge is 2.01. The van der Waals surface area contributed by atoms with Crippen molar-refractivity contribution in [3.63, 3.8) is 0 Å². The van der Waals surface area contributed by atoms with Gasteiger partial charge in [0.15, 0.2) is 0 Å². The number of thiol groups is 1. The second kappa shape index (κ2) is 18.2. The van der Waals surface area contributed by atoms with Crippen LogP contribution in [0.15, 0.2) is 0 Å². The summed E-state index contributed by atoms with van der Waals surface area (Å²) in [7, 11) is -2.97. The number of phosphoric acid groups is 1. The molecule has 0 bridgehead atoms. The van der Waals surface area contributed by atoms with Gasteiger partial charge in [-0.25, -0.2) is 5.90 Å². The van der Waals surface area contributed by atoms with Crippen molar-refractivity contribution in [2.75, 3.05) is 13.0 Å². The van der Waals surface area contributed by atoms with E-state index in [1.165, 1.54) is 0 Å². The van der Waals surface area contributed by atoms with Gasteiger partial charge in [0.1, 0.15) is 0 Å². The Kier molecular flexibility index (Phi) is 32.7. The number of hydrogen-bond donors (Lipinski definition) is 3. The van der Waals surface area contributed by atoms with Crippen molar-refractivity contribution in [1.82, 2.24) is 0 Å². The van der Waals surface area contributed by atoms with E-state index in [0.717, 1.165) is 7.11 Å². The first-order valence-corrected chi connectivity index (χ1v) is 4.07. The first-order valence-electron chi connectivity index (χ1n) is 2.39. The van der Waals surface area contributed by atoms with Gasteiger partial charge in [-0.05, 0) is 0 Å². The molecule has 0 fully saturated rings. The molecule has 6 nitrogen and oxygen atoms in total. The summed E-state index contributed by atoms with van der Waals surface area (Å²) in [6.45, 7) is 0. The molecule has 0 aromatic heterocycles. The van der Waals surface area contributed by atoms with Gasteiger partial charge >= 0.3 is 0 Å². The van der Waals surface area contributed by atoms with Gasteiger partial charge in [-0.2, -0.15) is 12.6 Å². The minimum Gasteiger partial charge on any atom is -0.756 e. The second-order valence-corrected chi connectivity index (χ2v) is 2.66. The van der Waals surface area contributed by atoms with E-state index in [-0.39, 0.29) is 29.6 Å². The average molecular weight is 242 g/mol. The zero-order valence-corrected chi connectivity index (χ0v) is 7.01. The van der Waals surface area contributed by atoms with E-state index in [1.807, 2.05) is 0 Å². The lowest BCUT2D eigenvalue weighted by atomic mass is 11.7. The fourth-order valence-corrected chi connectivity index (χ4v) is 0.795. The predicted molar refractivity (Wildman–Crippen MR) is 57.8 cm³/mol. The lowest BCUT2D eigenvalue weighted by Crippen LogP contribution is -2.04. The van der Waals surface area contributed by atoms with Crippen molar-refractivity contribution in [1.29, 1.82) is 0 Å². The summed E-state index contributed by atoms with van der Waals surface area (Å²) in [5.41, 5.74) is 0.